The number of aromatic nitrogens is 5. The second kappa shape index (κ2) is 9.44. The van der Waals surface area contributed by atoms with Crippen LogP contribution in [0.15, 0.2) is 18.5 Å². The van der Waals surface area contributed by atoms with Crippen molar-refractivity contribution in [1.29, 1.82) is 0 Å². The highest BCUT2D eigenvalue weighted by molar-refractivity contribution is 7.18. The van der Waals surface area contributed by atoms with Gasteiger partial charge in [0.1, 0.15) is 16.5 Å². The molecule has 0 atom stereocenters. The first-order valence-electron chi connectivity index (χ1n) is 10.5. The number of hydrogen-bond donors (Lipinski definition) is 3. The Morgan fingerprint density at radius 3 is 2.63 bits per heavy atom. The fourth-order valence-corrected chi connectivity index (χ4v) is 4.52. The molecule has 0 amide bonds. The molecule has 0 unspecified atom stereocenters. The molecule has 4 N–H and O–H groups in total. The first-order valence-corrected chi connectivity index (χ1v) is 11.3. The highest BCUT2D eigenvalue weighted by atomic mass is 32.1. The predicted molar refractivity (Wildman–Crippen MR) is 121 cm³/mol. The number of anilines is 2. The molecular weight excluding hydrogens is 396 g/mol. The molecule has 0 saturated heterocycles. The molecule has 4 rings (SSSR count). The molecule has 0 spiro atoms. The Balaban J connectivity index is 1.56. The number of nitrogens with one attached hydrogen (secondary N) is 2. The number of nitrogens with zero attached hydrogens (tertiary/aromatic N) is 5. The maximum Gasteiger partial charge on any atom is 0.223 e. The maximum atomic E-state index is 6.25. The Bertz CT molecular complexity index is 979. The third-order valence-corrected chi connectivity index (χ3v) is 6.28. The van der Waals surface area contributed by atoms with Crippen molar-refractivity contribution in [2.24, 2.45) is 0 Å². The van der Waals surface area contributed by atoms with Crippen molar-refractivity contribution in [2.45, 2.75) is 58.5 Å². The Hall–Kier alpha value is -2.65. The van der Waals surface area contributed by atoms with E-state index in [0.717, 1.165) is 33.5 Å². The zero-order valence-electron chi connectivity index (χ0n) is 17.5. The van der Waals surface area contributed by atoms with Crippen molar-refractivity contribution >= 4 is 23.1 Å². The van der Waals surface area contributed by atoms with Crippen LogP contribution < -0.4 is 16.4 Å². The van der Waals surface area contributed by atoms with Crippen LogP contribution in [-0.2, 0) is 6.54 Å². The van der Waals surface area contributed by atoms with Gasteiger partial charge in [-0.25, -0.2) is 15.0 Å². The lowest BCUT2D eigenvalue weighted by Crippen LogP contribution is -2.23. The summed E-state index contributed by atoms with van der Waals surface area (Å²) >= 11 is 1.48. The van der Waals surface area contributed by atoms with E-state index in [1.165, 1.54) is 43.4 Å². The lowest BCUT2D eigenvalue weighted by molar-refractivity contribution is 0.461. The minimum atomic E-state index is 0.443. The Kier molecular flexibility index (Phi) is 6.49. The summed E-state index contributed by atoms with van der Waals surface area (Å²) in [6.07, 6.45) is 9.69. The molecule has 0 radical (unpaired) electrons. The highest BCUT2D eigenvalue weighted by Crippen LogP contribution is 2.36. The normalized spacial score (nSPS) is 14.7. The van der Waals surface area contributed by atoms with Crippen molar-refractivity contribution in [3.8, 4) is 21.3 Å². The van der Waals surface area contributed by atoms with Crippen LogP contribution in [0.2, 0.25) is 0 Å². The van der Waals surface area contributed by atoms with Crippen molar-refractivity contribution in [3.05, 3.63) is 29.8 Å². The molecule has 3 aromatic heterocycles. The van der Waals surface area contributed by atoms with Gasteiger partial charge in [-0.15, -0.1) is 11.3 Å². The average Bonchev–Trinajstić information content (AvgIpc) is 3.14. The van der Waals surface area contributed by atoms with Crippen molar-refractivity contribution in [2.75, 3.05) is 17.6 Å². The quantitative estimate of drug-likeness (QED) is 0.525. The van der Waals surface area contributed by atoms with Crippen LogP contribution in [0.1, 0.15) is 50.4 Å². The fourth-order valence-electron chi connectivity index (χ4n) is 3.61. The number of thiazole rings is 1. The van der Waals surface area contributed by atoms with Crippen LogP contribution in [0.5, 0.6) is 0 Å². The summed E-state index contributed by atoms with van der Waals surface area (Å²) in [5.41, 5.74) is 9.56. The molecule has 1 saturated carbocycles. The van der Waals surface area contributed by atoms with E-state index >= 15 is 0 Å². The van der Waals surface area contributed by atoms with Crippen LogP contribution >= 0.6 is 11.3 Å². The molecule has 0 bridgehead atoms. The van der Waals surface area contributed by atoms with Gasteiger partial charge in [-0.2, -0.15) is 0 Å². The van der Waals surface area contributed by atoms with E-state index in [2.05, 4.69) is 37.5 Å². The molecule has 158 valence electrons. The van der Waals surface area contributed by atoms with Crippen LogP contribution in [-0.4, -0.2) is 37.5 Å². The summed E-state index contributed by atoms with van der Waals surface area (Å²) in [4.78, 5) is 23.6. The standard InChI is InChI=1S/C21H28N8S/c1-3-23-10-15-11-25-17(12-24-15)20-29-19(22)18(30-20)16-9-13(2)26-21(28-16)27-14-7-5-4-6-8-14/h9,11-12,14,23H,3-8,10,22H2,1-2H3,(H,26,27,28). The number of nitrogen functional groups attached to an aromatic ring is 1. The van der Waals surface area contributed by atoms with Gasteiger partial charge >= 0.3 is 0 Å². The number of rotatable bonds is 7. The van der Waals surface area contributed by atoms with E-state index in [9.17, 15) is 0 Å². The van der Waals surface area contributed by atoms with Crippen LogP contribution in [0.4, 0.5) is 11.8 Å². The molecule has 3 heterocycles. The van der Waals surface area contributed by atoms with Gasteiger partial charge in [0.05, 0.1) is 28.7 Å². The third-order valence-electron chi connectivity index (χ3n) is 5.16. The van der Waals surface area contributed by atoms with Gasteiger partial charge in [0.15, 0.2) is 0 Å². The van der Waals surface area contributed by atoms with Crippen molar-refractivity contribution < 1.29 is 0 Å². The molecule has 0 aromatic carbocycles. The van der Waals surface area contributed by atoms with E-state index in [1.807, 2.05) is 13.0 Å². The number of aryl methyl sites for hydroxylation is 1. The van der Waals surface area contributed by atoms with Crippen LogP contribution in [0.3, 0.4) is 0 Å². The monoisotopic (exact) mass is 424 g/mol. The Morgan fingerprint density at radius 2 is 1.90 bits per heavy atom. The lowest BCUT2D eigenvalue weighted by atomic mass is 9.96. The first kappa shape index (κ1) is 20.6. The second-order valence-electron chi connectivity index (χ2n) is 7.60. The van der Waals surface area contributed by atoms with Crippen molar-refractivity contribution in [1.82, 2.24) is 30.2 Å². The van der Waals surface area contributed by atoms with Gasteiger partial charge in [-0.05, 0) is 32.4 Å². The van der Waals surface area contributed by atoms with Crippen LogP contribution in [0.25, 0.3) is 21.3 Å². The highest BCUT2D eigenvalue weighted by Gasteiger charge is 2.18. The van der Waals surface area contributed by atoms with Crippen molar-refractivity contribution in [3.63, 3.8) is 0 Å². The summed E-state index contributed by atoms with van der Waals surface area (Å²) < 4.78 is 0. The van der Waals surface area contributed by atoms with E-state index < -0.39 is 0 Å². The SMILES string of the molecule is CCNCc1cnc(-c2nc(N)c(-c3cc(C)nc(NC4CCCCC4)n3)s2)cn1. The summed E-state index contributed by atoms with van der Waals surface area (Å²) in [5, 5.41) is 7.49. The van der Waals surface area contributed by atoms with E-state index in [0.29, 0.717) is 30.0 Å². The minimum Gasteiger partial charge on any atom is -0.382 e. The molecule has 8 nitrogen and oxygen atoms in total. The largest absolute Gasteiger partial charge is 0.382 e. The first-order chi connectivity index (χ1) is 14.6. The lowest BCUT2D eigenvalue weighted by Gasteiger charge is -2.23. The topological polar surface area (TPSA) is 115 Å². The molecule has 1 aliphatic carbocycles. The van der Waals surface area contributed by atoms with Gasteiger partial charge in [-0.3, -0.25) is 9.97 Å². The molecule has 30 heavy (non-hydrogen) atoms. The maximum absolute atomic E-state index is 6.25. The number of nitrogens with two attached hydrogens (primary N) is 1. The molecule has 0 aliphatic heterocycles. The van der Waals surface area contributed by atoms with E-state index in [-0.39, 0.29) is 0 Å². The van der Waals surface area contributed by atoms with Crippen LogP contribution in [0, 0.1) is 6.92 Å². The summed E-state index contributed by atoms with van der Waals surface area (Å²) in [6, 6.07) is 2.39. The molecule has 1 aliphatic rings. The molecular formula is C21H28N8S. The van der Waals surface area contributed by atoms with Gasteiger partial charge in [0, 0.05) is 18.3 Å². The fraction of sp³-hybridized carbons (Fsp3) is 0.476. The Morgan fingerprint density at radius 1 is 1.07 bits per heavy atom. The smallest absolute Gasteiger partial charge is 0.223 e. The summed E-state index contributed by atoms with van der Waals surface area (Å²) in [5.74, 6) is 1.12. The predicted octanol–water partition coefficient (Wildman–Crippen LogP) is 3.80. The zero-order valence-corrected chi connectivity index (χ0v) is 18.3. The van der Waals surface area contributed by atoms with E-state index in [1.54, 1.807) is 12.4 Å². The summed E-state index contributed by atoms with van der Waals surface area (Å²) in [7, 11) is 0. The number of hydrogen-bond acceptors (Lipinski definition) is 9. The molecule has 1 fully saturated rings. The van der Waals surface area contributed by atoms with Gasteiger partial charge in [0.25, 0.3) is 0 Å². The third kappa shape index (κ3) is 4.91. The Labute approximate surface area is 180 Å². The van der Waals surface area contributed by atoms with Gasteiger partial charge < -0.3 is 16.4 Å². The second-order valence-corrected chi connectivity index (χ2v) is 8.60. The minimum absolute atomic E-state index is 0.443. The summed E-state index contributed by atoms with van der Waals surface area (Å²) in [6.45, 7) is 5.63. The molecule has 9 heteroatoms. The van der Waals surface area contributed by atoms with E-state index in [4.69, 9.17) is 10.7 Å². The zero-order chi connectivity index (χ0) is 20.9. The van der Waals surface area contributed by atoms with Gasteiger partial charge in [-0.1, -0.05) is 26.2 Å². The molecule has 3 aromatic rings. The average molecular weight is 425 g/mol. The van der Waals surface area contributed by atoms with Gasteiger partial charge in [0.2, 0.25) is 5.95 Å².